The van der Waals surface area contributed by atoms with Crippen molar-refractivity contribution < 1.29 is 14.7 Å². The number of carbonyl (C=O) groups is 2. The molecule has 1 aromatic heterocycles. The number of aliphatic carboxylic acids is 1. The van der Waals surface area contributed by atoms with Gasteiger partial charge in [0.15, 0.2) is 0 Å². The molecule has 0 aromatic carbocycles. The summed E-state index contributed by atoms with van der Waals surface area (Å²) in [6.07, 6.45) is 1.91. The number of aryl methyl sites for hydroxylation is 2. The second kappa shape index (κ2) is 6.26. The Morgan fingerprint density at radius 2 is 2.15 bits per heavy atom. The predicted octanol–water partition coefficient (Wildman–Crippen LogP) is 2.42. The fourth-order valence-electron chi connectivity index (χ4n) is 2.48. The standard InChI is InChI=1S/C14H20N2O3S/c1-8-5-12(20-9(8)2)7-15-14(19)16-11-4-3-10(6-11)13(17)18/h5,10-11H,3-4,6-7H2,1-2H3,(H,17,18)(H2,15,16,19)/t10-,11+/m1/s1. The SMILES string of the molecule is Cc1cc(CNC(=O)N[C@H]2CC[C@@H](C(=O)O)C2)sc1C. The summed E-state index contributed by atoms with van der Waals surface area (Å²) in [5.41, 5.74) is 1.24. The van der Waals surface area contributed by atoms with E-state index in [0.29, 0.717) is 19.4 Å². The molecular formula is C14H20N2O3S. The van der Waals surface area contributed by atoms with E-state index in [2.05, 4.69) is 30.5 Å². The van der Waals surface area contributed by atoms with Crippen LogP contribution in [-0.4, -0.2) is 23.1 Å². The second-order valence-electron chi connectivity index (χ2n) is 5.32. The van der Waals surface area contributed by atoms with E-state index < -0.39 is 5.97 Å². The lowest BCUT2D eigenvalue weighted by Crippen LogP contribution is -2.40. The molecule has 2 amide bonds. The number of thiophene rings is 1. The summed E-state index contributed by atoms with van der Waals surface area (Å²) in [5, 5.41) is 14.6. The van der Waals surface area contributed by atoms with Gasteiger partial charge in [0.05, 0.1) is 12.5 Å². The van der Waals surface area contributed by atoms with E-state index in [1.807, 2.05) is 0 Å². The molecule has 0 spiro atoms. The molecule has 0 saturated heterocycles. The highest BCUT2D eigenvalue weighted by Gasteiger charge is 2.30. The third-order valence-electron chi connectivity index (χ3n) is 3.76. The Labute approximate surface area is 122 Å². The minimum absolute atomic E-state index is 0.0251. The quantitative estimate of drug-likeness (QED) is 0.798. The molecule has 2 rings (SSSR count). The number of amides is 2. The highest BCUT2D eigenvalue weighted by molar-refractivity contribution is 7.12. The maximum Gasteiger partial charge on any atom is 0.315 e. The van der Waals surface area contributed by atoms with Crippen molar-refractivity contribution in [3.8, 4) is 0 Å². The number of carboxylic acid groups (broad SMARTS) is 1. The first-order valence-corrected chi connectivity index (χ1v) is 7.60. The molecule has 1 aliphatic carbocycles. The zero-order chi connectivity index (χ0) is 14.7. The van der Waals surface area contributed by atoms with Gasteiger partial charge in [0.25, 0.3) is 0 Å². The van der Waals surface area contributed by atoms with Crippen molar-refractivity contribution in [2.24, 2.45) is 5.92 Å². The largest absolute Gasteiger partial charge is 0.481 e. The van der Waals surface area contributed by atoms with Crippen LogP contribution in [-0.2, 0) is 11.3 Å². The van der Waals surface area contributed by atoms with Gasteiger partial charge < -0.3 is 15.7 Å². The smallest absolute Gasteiger partial charge is 0.315 e. The van der Waals surface area contributed by atoms with Crippen LogP contribution in [0.2, 0.25) is 0 Å². The predicted molar refractivity (Wildman–Crippen MR) is 77.9 cm³/mol. The van der Waals surface area contributed by atoms with Crippen LogP contribution in [0.25, 0.3) is 0 Å². The normalized spacial score (nSPS) is 21.7. The summed E-state index contributed by atoms with van der Waals surface area (Å²) in [6.45, 7) is 4.63. The molecule has 1 aromatic rings. The minimum atomic E-state index is -0.765. The van der Waals surface area contributed by atoms with Gasteiger partial charge in [-0.3, -0.25) is 4.79 Å². The molecule has 110 valence electrons. The molecule has 1 saturated carbocycles. The highest BCUT2D eigenvalue weighted by atomic mass is 32.1. The number of nitrogens with one attached hydrogen (secondary N) is 2. The van der Waals surface area contributed by atoms with Gasteiger partial charge in [-0.1, -0.05) is 0 Å². The Hall–Kier alpha value is -1.56. The van der Waals surface area contributed by atoms with Crippen molar-refractivity contribution in [1.29, 1.82) is 0 Å². The Morgan fingerprint density at radius 1 is 1.40 bits per heavy atom. The zero-order valence-electron chi connectivity index (χ0n) is 11.7. The van der Waals surface area contributed by atoms with E-state index in [0.717, 1.165) is 11.3 Å². The molecule has 0 radical (unpaired) electrons. The zero-order valence-corrected chi connectivity index (χ0v) is 12.5. The molecule has 2 atom stereocenters. The van der Waals surface area contributed by atoms with Crippen LogP contribution in [0.4, 0.5) is 4.79 Å². The molecule has 5 nitrogen and oxygen atoms in total. The lowest BCUT2D eigenvalue weighted by Gasteiger charge is -2.13. The van der Waals surface area contributed by atoms with Crippen molar-refractivity contribution in [2.75, 3.05) is 0 Å². The van der Waals surface area contributed by atoms with E-state index >= 15 is 0 Å². The second-order valence-corrected chi connectivity index (χ2v) is 6.66. The summed E-state index contributed by atoms with van der Waals surface area (Å²) < 4.78 is 0. The van der Waals surface area contributed by atoms with E-state index in [4.69, 9.17) is 5.11 Å². The first-order valence-electron chi connectivity index (χ1n) is 6.78. The van der Waals surface area contributed by atoms with Crippen LogP contribution >= 0.6 is 11.3 Å². The maximum absolute atomic E-state index is 11.8. The first-order chi connectivity index (χ1) is 9.45. The van der Waals surface area contributed by atoms with E-state index in [1.165, 1.54) is 10.4 Å². The lowest BCUT2D eigenvalue weighted by molar-refractivity contribution is -0.141. The number of hydrogen-bond acceptors (Lipinski definition) is 3. The minimum Gasteiger partial charge on any atom is -0.481 e. The average Bonchev–Trinajstić information content (AvgIpc) is 2.95. The number of hydrogen-bond donors (Lipinski definition) is 3. The van der Waals surface area contributed by atoms with Crippen LogP contribution in [0.15, 0.2) is 6.07 Å². The fourth-order valence-corrected chi connectivity index (χ4v) is 3.47. The molecule has 0 aliphatic heterocycles. The summed E-state index contributed by atoms with van der Waals surface area (Å²) in [4.78, 5) is 25.0. The first kappa shape index (κ1) is 14.8. The van der Waals surface area contributed by atoms with Crippen LogP contribution in [0.1, 0.15) is 34.6 Å². The molecular weight excluding hydrogens is 276 g/mol. The lowest BCUT2D eigenvalue weighted by atomic mass is 10.1. The Bertz CT molecular complexity index is 493. The van der Waals surface area contributed by atoms with Crippen molar-refractivity contribution in [3.05, 3.63) is 21.4 Å². The Morgan fingerprint density at radius 3 is 2.70 bits per heavy atom. The third-order valence-corrected chi connectivity index (χ3v) is 4.91. The fraction of sp³-hybridized carbons (Fsp3) is 0.571. The Kier molecular flexibility index (Phi) is 4.65. The molecule has 1 heterocycles. The number of rotatable bonds is 4. The topological polar surface area (TPSA) is 78.4 Å². The van der Waals surface area contributed by atoms with Gasteiger partial charge >= 0.3 is 12.0 Å². The maximum atomic E-state index is 11.8. The van der Waals surface area contributed by atoms with E-state index in [1.54, 1.807) is 11.3 Å². The average molecular weight is 296 g/mol. The van der Waals surface area contributed by atoms with Gasteiger partial charge in [0.2, 0.25) is 0 Å². The molecule has 3 N–H and O–H groups in total. The van der Waals surface area contributed by atoms with Gasteiger partial charge in [-0.15, -0.1) is 11.3 Å². The molecule has 6 heteroatoms. The van der Waals surface area contributed by atoms with Gasteiger partial charge in [-0.2, -0.15) is 0 Å². The van der Waals surface area contributed by atoms with Crippen molar-refractivity contribution >= 4 is 23.3 Å². The summed E-state index contributed by atoms with van der Waals surface area (Å²) >= 11 is 1.68. The van der Waals surface area contributed by atoms with Crippen LogP contribution in [0, 0.1) is 19.8 Å². The molecule has 20 heavy (non-hydrogen) atoms. The van der Waals surface area contributed by atoms with E-state index in [-0.39, 0.29) is 18.0 Å². The molecule has 0 bridgehead atoms. The van der Waals surface area contributed by atoms with Crippen molar-refractivity contribution in [2.45, 2.75) is 45.7 Å². The van der Waals surface area contributed by atoms with Gasteiger partial charge in [0.1, 0.15) is 0 Å². The van der Waals surface area contributed by atoms with E-state index in [9.17, 15) is 9.59 Å². The van der Waals surface area contributed by atoms with Crippen LogP contribution < -0.4 is 10.6 Å². The van der Waals surface area contributed by atoms with Gasteiger partial charge in [-0.25, -0.2) is 4.79 Å². The summed E-state index contributed by atoms with van der Waals surface area (Å²) in [5.74, 6) is -1.08. The van der Waals surface area contributed by atoms with Gasteiger partial charge in [0, 0.05) is 15.8 Å². The van der Waals surface area contributed by atoms with Crippen molar-refractivity contribution in [1.82, 2.24) is 10.6 Å². The van der Waals surface area contributed by atoms with Crippen LogP contribution in [0.3, 0.4) is 0 Å². The number of carbonyl (C=O) groups excluding carboxylic acids is 1. The Balaban J connectivity index is 1.75. The molecule has 1 aliphatic rings. The molecule has 0 unspecified atom stereocenters. The number of carboxylic acids is 1. The summed E-state index contributed by atoms with van der Waals surface area (Å²) in [6, 6.07) is 1.84. The number of urea groups is 1. The third kappa shape index (κ3) is 3.72. The van der Waals surface area contributed by atoms with Crippen molar-refractivity contribution in [3.63, 3.8) is 0 Å². The monoisotopic (exact) mass is 296 g/mol. The highest BCUT2D eigenvalue weighted by Crippen LogP contribution is 2.25. The van der Waals surface area contributed by atoms with Crippen LogP contribution in [0.5, 0.6) is 0 Å². The summed E-state index contributed by atoms with van der Waals surface area (Å²) in [7, 11) is 0. The molecule has 1 fully saturated rings. The van der Waals surface area contributed by atoms with Gasteiger partial charge in [-0.05, 0) is 44.7 Å².